The van der Waals surface area contributed by atoms with Gasteiger partial charge < -0.3 is 9.30 Å². The summed E-state index contributed by atoms with van der Waals surface area (Å²) in [6.07, 6.45) is 2.00. The fourth-order valence-corrected chi connectivity index (χ4v) is 6.85. The predicted octanol–water partition coefficient (Wildman–Crippen LogP) is 6.07. The second kappa shape index (κ2) is 10.7. The zero-order chi connectivity index (χ0) is 28.9. The van der Waals surface area contributed by atoms with E-state index >= 15 is 0 Å². The molecule has 40 heavy (non-hydrogen) atoms. The second-order valence-electron chi connectivity index (χ2n) is 11.1. The van der Waals surface area contributed by atoms with Gasteiger partial charge in [-0.2, -0.15) is 0 Å². The maximum absolute atomic E-state index is 14.2. The lowest BCUT2D eigenvalue weighted by Gasteiger charge is -2.25. The van der Waals surface area contributed by atoms with Gasteiger partial charge in [-0.05, 0) is 70.2 Å². The number of hydrogen-bond acceptors (Lipinski definition) is 5. The van der Waals surface area contributed by atoms with Crippen molar-refractivity contribution in [3.63, 3.8) is 0 Å². The van der Waals surface area contributed by atoms with E-state index in [0.717, 1.165) is 22.2 Å². The number of para-hydroxylation sites is 1. The standard InChI is InChI=1S/C33H37N3O3S/c1-9-39-32(38)28-21(7)34-33-36(30(28)24-15-13-23(14-16-24)18(2)3)31(37)27(40-33)17-26-22(8)35(19(4)5)29-20(6)11-10-12-25(26)29/h10-19,30H,9H2,1-8H3/b27-17-/t30-/m1/s1. The number of hydrogen-bond donors (Lipinski definition) is 0. The summed E-state index contributed by atoms with van der Waals surface area (Å²) in [5.74, 6) is -0.0695. The molecule has 0 N–H and O–H groups in total. The van der Waals surface area contributed by atoms with Gasteiger partial charge in [-0.25, -0.2) is 9.79 Å². The van der Waals surface area contributed by atoms with Gasteiger partial charge in [0.25, 0.3) is 5.56 Å². The summed E-state index contributed by atoms with van der Waals surface area (Å²) in [7, 11) is 0. The normalized spacial score (nSPS) is 15.8. The van der Waals surface area contributed by atoms with E-state index in [-0.39, 0.29) is 18.2 Å². The number of benzene rings is 2. The average Bonchev–Trinajstić information content (AvgIpc) is 3.37. The molecule has 0 fully saturated rings. The Labute approximate surface area is 239 Å². The Kier molecular flexibility index (Phi) is 7.44. The SMILES string of the molecule is CCOC(=O)C1=C(C)N=c2s/c(=C\c3c(C)n(C(C)C)c4c(C)cccc34)c(=O)n2[C@@H]1c1ccc(C(C)C)cc1. The maximum atomic E-state index is 14.2. The number of carbonyl (C=O) groups excluding carboxylic acids is 1. The summed E-state index contributed by atoms with van der Waals surface area (Å²) in [5.41, 5.74) is 7.43. The van der Waals surface area contributed by atoms with Crippen LogP contribution in [-0.4, -0.2) is 21.7 Å². The Morgan fingerprint density at radius 3 is 2.40 bits per heavy atom. The van der Waals surface area contributed by atoms with Crippen LogP contribution in [0.4, 0.5) is 0 Å². The molecule has 5 rings (SSSR count). The molecular formula is C33H37N3O3S. The molecule has 2 aromatic heterocycles. The lowest BCUT2D eigenvalue weighted by Crippen LogP contribution is -2.40. The number of ether oxygens (including phenoxy) is 1. The zero-order valence-electron chi connectivity index (χ0n) is 24.5. The fourth-order valence-electron chi connectivity index (χ4n) is 5.82. The number of nitrogens with zero attached hydrogens (tertiary/aromatic N) is 3. The number of aryl methyl sites for hydroxylation is 1. The molecule has 0 unspecified atom stereocenters. The minimum atomic E-state index is -0.612. The Morgan fingerprint density at radius 2 is 1.77 bits per heavy atom. The van der Waals surface area contributed by atoms with Crippen LogP contribution in [0, 0.1) is 13.8 Å². The summed E-state index contributed by atoms with van der Waals surface area (Å²) in [6.45, 7) is 16.7. The molecule has 1 aliphatic rings. The van der Waals surface area contributed by atoms with Gasteiger partial charge in [0.15, 0.2) is 4.80 Å². The van der Waals surface area contributed by atoms with Crippen molar-refractivity contribution in [2.75, 3.05) is 6.61 Å². The second-order valence-corrected chi connectivity index (χ2v) is 12.1. The maximum Gasteiger partial charge on any atom is 0.338 e. The molecule has 0 aliphatic carbocycles. The molecule has 0 spiro atoms. The summed E-state index contributed by atoms with van der Waals surface area (Å²) in [5, 5.41) is 1.13. The Bertz CT molecular complexity index is 1830. The third kappa shape index (κ3) is 4.56. The Hall–Kier alpha value is -3.71. The molecule has 3 heterocycles. The highest BCUT2D eigenvalue weighted by atomic mass is 32.1. The third-order valence-electron chi connectivity index (χ3n) is 7.75. The summed E-state index contributed by atoms with van der Waals surface area (Å²) in [6, 6.07) is 14.1. The topological polar surface area (TPSA) is 65.6 Å². The molecule has 0 saturated carbocycles. The predicted molar refractivity (Wildman–Crippen MR) is 163 cm³/mol. The molecule has 4 aromatic rings. The van der Waals surface area contributed by atoms with E-state index in [4.69, 9.17) is 9.73 Å². The van der Waals surface area contributed by atoms with E-state index in [9.17, 15) is 9.59 Å². The highest BCUT2D eigenvalue weighted by molar-refractivity contribution is 7.07. The van der Waals surface area contributed by atoms with Gasteiger partial charge in [0.05, 0.1) is 34.0 Å². The number of aromatic nitrogens is 2. The van der Waals surface area contributed by atoms with E-state index in [1.807, 2.05) is 25.1 Å². The van der Waals surface area contributed by atoms with Gasteiger partial charge in [0, 0.05) is 22.7 Å². The van der Waals surface area contributed by atoms with Crippen molar-refractivity contribution >= 4 is 34.3 Å². The summed E-state index contributed by atoms with van der Waals surface area (Å²) >= 11 is 1.37. The van der Waals surface area contributed by atoms with Crippen molar-refractivity contribution in [3.05, 3.63) is 101 Å². The first-order chi connectivity index (χ1) is 19.0. The van der Waals surface area contributed by atoms with Crippen molar-refractivity contribution in [3.8, 4) is 0 Å². The molecule has 0 bridgehead atoms. The molecule has 0 saturated heterocycles. The summed E-state index contributed by atoms with van der Waals surface area (Å²) < 4.78 is 10.0. The van der Waals surface area contributed by atoms with Crippen LogP contribution >= 0.6 is 11.3 Å². The van der Waals surface area contributed by atoms with Crippen molar-refractivity contribution in [2.24, 2.45) is 4.99 Å². The molecule has 208 valence electrons. The van der Waals surface area contributed by atoms with Crippen molar-refractivity contribution < 1.29 is 9.53 Å². The summed E-state index contributed by atoms with van der Waals surface area (Å²) in [4.78, 5) is 32.7. The smallest absolute Gasteiger partial charge is 0.338 e. The molecule has 6 nitrogen and oxygen atoms in total. The van der Waals surface area contributed by atoms with Crippen LogP contribution in [0.25, 0.3) is 17.0 Å². The highest BCUT2D eigenvalue weighted by Crippen LogP contribution is 2.33. The van der Waals surface area contributed by atoms with Crippen LogP contribution in [0.5, 0.6) is 0 Å². The third-order valence-corrected chi connectivity index (χ3v) is 8.73. The van der Waals surface area contributed by atoms with Gasteiger partial charge in [-0.3, -0.25) is 9.36 Å². The van der Waals surface area contributed by atoms with Gasteiger partial charge in [-0.1, -0.05) is 67.6 Å². The lowest BCUT2D eigenvalue weighted by atomic mass is 9.93. The van der Waals surface area contributed by atoms with E-state index in [1.54, 1.807) is 11.5 Å². The number of thiazole rings is 1. The first-order valence-corrected chi connectivity index (χ1v) is 14.8. The Morgan fingerprint density at radius 1 is 1.07 bits per heavy atom. The minimum absolute atomic E-state index is 0.159. The number of fused-ring (bicyclic) bond motifs is 2. The van der Waals surface area contributed by atoms with Crippen LogP contribution < -0.4 is 14.9 Å². The molecule has 1 atom stereocenters. The highest BCUT2D eigenvalue weighted by Gasteiger charge is 2.33. The first-order valence-electron chi connectivity index (χ1n) is 13.9. The quantitative estimate of drug-likeness (QED) is 0.271. The first kappa shape index (κ1) is 27.8. The molecule has 0 amide bonds. The average molecular weight is 556 g/mol. The van der Waals surface area contributed by atoms with Gasteiger partial charge in [0.1, 0.15) is 0 Å². The largest absolute Gasteiger partial charge is 0.463 e. The van der Waals surface area contributed by atoms with Crippen LogP contribution in [-0.2, 0) is 9.53 Å². The van der Waals surface area contributed by atoms with Crippen LogP contribution in [0.15, 0.2) is 63.5 Å². The molecule has 7 heteroatoms. The van der Waals surface area contributed by atoms with Gasteiger partial charge >= 0.3 is 5.97 Å². The van der Waals surface area contributed by atoms with E-state index < -0.39 is 12.0 Å². The number of esters is 1. The molecule has 1 aliphatic heterocycles. The van der Waals surface area contributed by atoms with E-state index in [1.165, 1.54) is 28.0 Å². The number of rotatable bonds is 6. The minimum Gasteiger partial charge on any atom is -0.463 e. The van der Waals surface area contributed by atoms with Crippen molar-refractivity contribution in [1.82, 2.24) is 9.13 Å². The van der Waals surface area contributed by atoms with Crippen molar-refractivity contribution in [1.29, 1.82) is 0 Å². The zero-order valence-corrected chi connectivity index (χ0v) is 25.3. The monoisotopic (exact) mass is 555 g/mol. The van der Waals surface area contributed by atoms with Gasteiger partial charge in [-0.15, -0.1) is 0 Å². The molecule has 0 radical (unpaired) electrons. The number of allylic oxidation sites excluding steroid dienone is 1. The molecular weight excluding hydrogens is 518 g/mol. The lowest BCUT2D eigenvalue weighted by molar-refractivity contribution is -0.139. The van der Waals surface area contributed by atoms with Crippen LogP contribution in [0.1, 0.15) is 87.5 Å². The van der Waals surface area contributed by atoms with E-state index in [2.05, 4.69) is 76.4 Å². The van der Waals surface area contributed by atoms with Crippen molar-refractivity contribution in [2.45, 2.75) is 73.4 Å². The van der Waals surface area contributed by atoms with Crippen LogP contribution in [0.2, 0.25) is 0 Å². The Balaban J connectivity index is 1.77. The molecule has 2 aromatic carbocycles. The van der Waals surface area contributed by atoms with Gasteiger partial charge in [0.2, 0.25) is 0 Å². The van der Waals surface area contributed by atoms with E-state index in [0.29, 0.717) is 26.5 Å². The number of carbonyl (C=O) groups is 1. The van der Waals surface area contributed by atoms with Crippen LogP contribution in [0.3, 0.4) is 0 Å². The fraction of sp³-hybridized carbons (Fsp3) is 0.364.